The molecule has 7 aromatic carbocycles. The molecule has 0 saturated heterocycles. The molecule has 10 rings (SSSR count). The summed E-state index contributed by atoms with van der Waals surface area (Å²) in [5.41, 5.74) is 8.47. The minimum Gasteiger partial charge on any atom is -0.456 e. The van der Waals surface area contributed by atoms with Gasteiger partial charge in [0.05, 0.1) is 22.1 Å². The van der Waals surface area contributed by atoms with Crippen LogP contribution < -0.4 is 20.3 Å². The predicted octanol–water partition coefficient (Wildman–Crippen LogP) is 10.9. The zero-order valence-corrected chi connectivity index (χ0v) is 33.3. The molecule has 0 aliphatic carbocycles. The van der Waals surface area contributed by atoms with Gasteiger partial charge < -0.3 is 4.74 Å². The molecule has 2 aromatic heterocycles. The third kappa shape index (κ3) is 4.86. The third-order valence-corrected chi connectivity index (χ3v) is 17.5. The molecule has 0 saturated carbocycles. The number of hydrogen-bond acceptors (Lipinski definition) is 2. The fraction of sp³-hybridized carbons (Fsp3) is 0.157. The van der Waals surface area contributed by atoms with Gasteiger partial charge in [-0.2, -0.15) is 0 Å². The van der Waals surface area contributed by atoms with Crippen LogP contribution in [-0.4, -0.2) is 22.0 Å². The summed E-state index contributed by atoms with van der Waals surface area (Å²) in [6.45, 7) is 9.09. The molecule has 1 unspecified atom stereocenters. The van der Waals surface area contributed by atoms with Gasteiger partial charge >= 0.3 is 0 Å². The molecule has 0 bridgehead atoms. The van der Waals surface area contributed by atoms with Crippen LogP contribution in [0.15, 0.2) is 164 Å². The van der Waals surface area contributed by atoms with Crippen molar-refractivity contribution in [2.75, 3.05) is 0 Å². The molecular formula is C51H45N3OSi. The topological polar surface area (TPSA) is 31.5 Å². The molecule has 56 heavy (non-hydrogen) atoms. The van der Waals surface area contributed by atoms with Gasteiger partial charge in [0.2, 0.25) is 5.78 Å². The lowest BCUT2D eigenvalue weighted by molar-refractivity contribution is 0.306. The van der Waals surface area contributed by atoms with Crippen LogP contribution in [0.2, 0.25) is 6.55 Å². The van der Waals surface area contributed by atoms with E-state index >= 15 is 0 Å². The predicted molar refractivity (Wildman–Crippen MR) is 236 cm³/mol. The number of fused-ring (bicyclic) bond motifs is 7. The van der Waals surface area contributed by atoms with Gasteiger partial charge in [0, 0.05) is 37.3 Å². The van der Waals surface area contributed by atoms with Gasteiger partial charge in [-0.1, -0.05) is 156 Å². The van der Waals surface area contributed by atoms with Gasteiger partial charge in [0.15, 0.2) is 0 Å². The Balaban J connectivity index is 1.21. The van der Waals surface area contributed by atoms with Crippen molar-refractivity contribution in [2.24, 2.45) is 0 Å². The molecular weight excluding hydrogens is 699 g/mol. The fourth-order valence-electron chi connectivity index (χ4n) is 9.12. The molecule has 1 atom stereocenters. The molecule has 4 nitrogen and oxygen atoms in total. The van der Waals surface area contributed by atoms with Crippen LogP contribution in [0.3, 0.4) is 0 Å². The van der Waals surface area contributed by atoms with Crippen LogP contribution in [0, 0.1) is 6.85 Å². The number of imidazole rings is 2. The smallest absolute Gasteiger partial charge is 0.220 e. The van der Waals surface area contributed by atoms with Crippen molar-refractivity contribution in [3.05, 3.63) is 180 Å². The second kappa shape index (κ2) is 12.4. The maximum absolute atomic E-state index is 8.83. The summed E-state index contributed by atoms with van der Waals surface area (Å²) < 4.78 is 38.0. The lowest BCUT2D eigenvalue weighted by Crippen LogP contribution is -2.64. The molecule has 5 heteroatoms. The van der Waals surface area contributed by atoms with Crippen LogP contribution in [0.1, 0.15) is 48.5 Å². The van der Waals surface area contributed by atoms with Crippen molar-refractivity contribution in [2.45, 2.75) is 51.9 Å². The number of para-hydroxylation sites is 6. The Morgan fingerprint density at radius 3 is 2.04 bits per heavy atom. The first-order valence-electron chi connectivity index (χ1n) is 20.9. The zero-order chi connectivity index (χ0) is 40.9. The number of rotatable bonds is 5. The summed E-state index contributed by atoms with van der Waals surface area (Å²) in [7, 11) is -2.85. The Morgan fingerprint density at radius 2 is 1.21 bits per heavy atom. The SMILES string of the molecule is [2H]C([2H])([2H])c1ccc([Si](C)(c2ccccc2)c2cccc(-n3c4ccccc4n4c5ccccc5nc34)c2)cc1-c1cccc2c1Oc1ccccc1C(C)(C)C2(C)C. The van der Waals surface area contributed by atoms with Crippen molar-refractivity contribution in [1.29, 1.82) is 0 Å². The van der Waals surface area contributed by atoms with Crippen molar-refractivity contribution in [3.63, 3.8) is 0 Å². The number of aryl methyl sites for hydroxylation is 1. The van der Waals surface area contributed by atoms with E-state index < -0.39 is 14.9 Å². The molecule has 0 amide bonds. The van der Waals surface area contributed by atoms with E-state index in [0.29, 0.717) is 16.9 Å². The highest BCUT2D eigenvalue weighted by atomic mass is 28.3. The molecule has 0 fully saturated rings. The minimum atomic E-state index is -2.85. The summed E-state index contributed by atoms with van der Waals surface area (Å²) in [6.07, 6.45) is 0. The van der Waals surface area contributed by atoms with E-state index in [9.17, 15) is 0 Å². The second-order valence-electron chi connectivity index (χ2n) is 16.4. The maximum atomic E-state index is 8.83. The van der Waals surface area contributed by atoms with E-state index in [2.05, 4.69) is 177 Å². The number of ether oxygens (including phenoxy) is 1. The molecule has 1 aliphatic heterocycles. The monoisotopic (exact) mass is 746 g/mol. The van der Waals surface area contributed by atoms with Gasteiger partial charge in [0.1, 0.15) is 19.6 Å². The van der Waals surface area contributed by atoms with Crippen LogP contribution in [-0.2, 0) is 10.8 Å². The molecule has 0 spiro atoms. The first-order valence-corrected chi connectivity index (χ1v) is 21.9. The van der Waals surface area contributed by atoms with Gasteiger partial charge in [-0.15, -0.1) is 0 Å². The Kier molecular flexibility index (Phi) is 6.89. The van der Waals surface area contributed by atoms with Gasteiger partial charge in [-0.25, -0.2) is 4.98 Å². The highest BCUT2D eigenvalue weighted by Gasteiger charge is 2.46. The van der Waals surface area contributed by atoms with Crippen molar-refractivity contribution >= 4 is 51.5 Å². The molecule has 1 aliphatic rings. The fourth-order valence-corrected chi connectivity index (χ4v) is 12.7. The normalized spacial score (nSPS) is 16.6. The highest BCUT2D eigenvalue weighted by molar-refractivity contribution is 7.10. The summed E-state index contributed by atoms with van der Waals surface area (Å²) in [6, 6.07) is 56.9. The minimum absolute atomic E-state index is 0.286. The lowest BCUT2D eigenvalue weighted by Gasteiger charge is -2.41. The van der Waals surface area contributed by atoms with Gasteiger partial charge in [-0.3, -0.25) is 8.97 Å². The first kappa shape index (κ1) is 31.1. The van der Waals surface area contributed by atoms with Crippen LogP contribution in [0.25, 0.3) is 44.7 Å². The maximum Gasteiger partial charge on any atom is 0.220 e. The quantitative estimate of drug-likeness (QED) is 0.130. The van der Waals surface area contributed by atoms with Gasteiger partial charge in [-0.05, 0) is 76.0 Å². The van der Waals surface area contributed by atoms with E-state index in [1.54, 1.807) is 0 Å². The van der Waals surface area contributed by atoms with Crippen LogP contribution in [0.5, 0.6) is 11.5 Å². The summed E-state index contributed by atoms with van der Waals surface area (Å²) >= 11 is 0. The van der Waals surface area contributed by atoms with Crippen molar-refractivity contribution in [3.8, 4) is 28.3 Å². The highest BCUT2D eigenvalue weighted by Crippen LogP contribution is 2.55. The van der Waals surface area contributed by atoms with Crippen molar-refractivity contribution in [1.82, 2.24) is 14.0 Å². The summed E-state index contributed by atoms with van der Waals surface area (Å²) in [4.78, 5) is 5.16. The number of hydrogen-bond donors (Lipinski definition) is 0. The zero-order valence-electron chi connectivity index (χ0n) is 35.3. The standard InChI is InChI=1S/C51H45N3OSi/c1-34-30-31-38(33-40(34)39-22-17-24-42-48(39)55-47-29-15-10-23-41(47)50(2,3)51(42,4)5)56(6,36-19-8-7-9-20-36)37-21-16-18-35(32-37)53-45-27-13-14-28-46(45)54-44-26-12-11-25-43(44)52-49(53)54/h7-33H,1-6H3/i1D3. The number of benzene rings is 7. The van der Waals surface area contributed by atoms with Crippen LogP contribution >= 0.6 is 0 Å². The largest absolute Gasteiger partial charge is 0.456 e. The van der Waals surface area contributed by atoms with Crippen LogP contribution in [0.4, 0.5) is 0 Å². The lowest BCUT2D eigenvalue weighted by atomic mass is 9.61. The molecule has 274 valence electrons. The molecule has 0 N–H and O–H groups in total. The molecule has 3 heterocycles. The Morgan fingerprint density at radius 1 is 0.571 bits per heavy atom. The van der Waals surface area contributed by atoms with E-state index in [4.69, 9.17) is 13.8 Å². The van der Waals surface area contributed by atoms with Crippen molar-refractivity contribution < 1.29 is 8.85 Å². The van der Waals surface area contributed by atoms with Gasteiger partial charge in [0.25, 0.3) is 0 Å². The Bertz CT molecular complexity index is 3110. The number of aromatic nitrogens is 3. The van der Waals surface area contributed by atoms with E-state index in [0.717, 1.165) is 61.2 Å². The van der Waals surface area contributed by atoms with E-state index in [1.165, 1.54) is 10.4 Å². The van der Waals surface area contributed by atoms with E-state index in [-0.39, 0.29) is 10.8 Å². The average Bonchev–Trinajstić information content (AvgIpc) is 3.76. The van der Waals surface area contributed by atoms with E-state index in [1.807, 2.05) is 30.3 Å². The average molecular weight is 747 g/mol. The first-order chi connectivity index (χ1) is 28.3. The molecule has 9 aromatic rings. The Hall–Kier alpha value is -6.17. The summed E-state index contributed by atoms with van der Waals surface area (Å²) in [5.74, 6) is 2.36. The second-order valence-corrected chi connectivity index (χ2v) is 20.4. The Labute approximate surface area is 333 Å². The molecule has 0 radical (unpaired) electrons. The summed E-state index contributed by atoms with van der Waals surface area (Å²) in [5, 5.41) is 3.52. The third-order valence-electron chi connectivity index (χ3n) is 13.0. The number of nitrogens with zero attached hydrogens (tertiary/aromatic N) is 3.